The third-order valence-corrected chi connectivity index (χ3v) is 1.82. The van der Waals surface area contributed by atoms with Gasteiger partial charge in [-0.15, -0.1) is 0 Å². The van der Waals surface area contributed by atoms with Crippen LogP contribution in [0.3, 0.4) is 0 Å². The smallest absolute Gasteiger partial charge is 0.481 e. The Balaban J connectivity index is 2.62. The van der Waals surface area contributed by atoms with E-state index in [1.807, 2.05) is 0 Å². The van der Waals surface area contributed by atoms with Crippen LogP contribution in [0.2, 0.25) is 0 Å². The van der Waals surface area contributed by atoms with E-state index >= 15 is 0 Å². The predicted octanol–water partition coefficient (Wildman–Crippen LogP) is 1.43. The number of halogens is 3. The van der Waals surface area contributed by atoms with Crippen molar-refractivity contribution in [3.05, 3.63) is 12.3 Å². The van der Waals surface area contributed by atoms with Crippen LogP contribution in [0, 0.1) is 5.92 Å². The Morgan fingerprint density at radius 3 is 2.46 bits per heavy atom. The molecule has 0 saturated carbocycles. The van der Waals surface area contributed by atoms with Crippen LogP contribution < -0.4 is 0 Å². The Bertz CT molecular complexity index is 236. The van der Waals surface area contributed by atoms with Crippen LogP contribution in [0.1, 0.15) is 6.42 Å². The quantitative estimate of drug-likeness (QED) is 0.643. The molecule has 0 aromatic carbocycles. The van der Waals surface area contributed by atoms with Crippen LogP contribution in [0.25, 0.3) is 0 Å². The lowest BCUT2D eigenvalue weighted by Gasteiger charge is -2.27. The Morgan fingerprint density at radius 1 is 1.54 bits per heavy atom. The molecule has 0 aromatic rings. The number of aliphatic carboxylic acids is 1. The fourth-order valence-corrected chi connectivity index (χ4v) is 1.07. The van der Waals surface area contributed by atoms with Crippen LogP contribution in [0.15, 0.2) is 12.3 Å². The number of hydrogen-bond donors (Lipinski definition) is 1. The number of nitrogens with zero attached hydrogens (tertiary/aromatic N) is 1. The molecule has 1 aliphatic heterocycles. The standard InChI is InChI=1S/C7H8F3NO2/c8-7(9,10)11-3-1-5(2-4-11)6(12)13/h1,3,5H,2,4H2,(H,12,13). The summed E-state index contributed by atoms with van der Waals surface area (Å²) < 4.78 is 36.0. The van der Waals surface area contributed by atoms with Crippen molar-refractivity contribution in [2.45, 2.75) is 12.7 Å². The monoisotopic (exact) mass is 195 g/mol. The molecule has 1 atom stereocenters. The number of carboxylic acids is 1. The first-order valence-electron chi connectivity index (χ1n) is 3.66. The van der Waals surface area contributed by atoms with Crippen LogP contribution in [0.5, 0.6) is 0 Å². The molecule has 13 heavy (non-hydrogen) atoms. The Labute approximate surface area is 72.4 Å². The van der Waals surface area contributed by atoms with Crippen molar-refractivity contribution in [1.29, 1.82) is 0 Å². The van der Waals surface area contributed by atoms with E-state index in [1.54, 1.807) is 0 Å². The molecular formula is C7H8F3NO2. The van der Waals surface area contributed by atoms with Gasteiger partial charge in [0, 0.05) is 12.7 Å². The highest BCUT2D eigenvalue weighted by Gasteiger charge is 2.37. The fourth-order valence-electron chi connectivity index (χ4n) is 1.07. The molecule has 1 aliphatic rings. The van der Waals surface area contributed by atoms with Gasteiger partial charge in [0.25, 0.3) is 0 Å². The molecule has 0 aromatic heterocycles. The molecule has 1 heterocycles. The summed E-state index contributed by atoms with van der Waals surface area (Å²) in [5.41, 5.74) is 0. The highest BCUT2D eigenvalue weighted by Crippen LogP contribution is 2.26. The average Bonchev–Trinajstić information content (AvgIpc) is 2.03. The fraction of sp³-hybridized carbons (Fsp3) is 0.571. The van der Waals surface area contributed by atoms with Gasteiger partial charge in [0.05, 0.1) is 5.92 Å². The highest BCUT2D eigenvalue weighted by atomic mass is 19.4. The molecule has 74 valence electrons. The second-order valence-corrected chi connectivity index (χ2v) is 2.74. The third kappa shape index (κ3) is 2.37. The van der Waals surface area contributed by atoms with Crippen LogP contribution in [-0.2, 0) is 4.79 Å². The Morgan fingerprint density at radius 2 is 2.15 bits per heavy atom. The summed E-state index contributed by atoms with van der Waals surface area (Å²) in [6.45, 7) is -0.295. The molecule has 0 fully saturated rings. The molecule has 0 amide bonds. The second kappa shape index (κ2) is 3.27. The Hall–Kier alpha value is -1.20. The van der Waals surface area contributed by atoms with Gasteiger partial charge in [-0.3, -0.25) is 9.69 Å². The predicted molar refractivity (Wildman–Crippen MR) is 37.6 cm³/mol. The largest absolute Gasteiger partial charge is 0.484 e. The minimum atomic E-state index is -4.40. The minimum Gasteiger partial charge on any atom is -0.481 e. The van der Waals surface area contributed by atoms with Gasteiger partial charge in [-0.25, -0.2) is 0 Å². The van der Waals surface area contributed by atoms with E-state index < -0.39 is 18.2 Å². The first-order chi connectivity index (χ1) is 5.91. The van der Waals surface area contributed by atoms with E-state index in [-0.39, 0.29) is 17.9 Å². The van der Waals surface area contributed by atoms with Crippen LogP contribution >= 0.6 is 0 Å². The molecule has 0 saturated heterocycles. The lowest BCUT2D eigenvalue weighted by Crippen LogP contribution is -2.38. The van der Waals surface area contributed by atoms with E-state index in [9.17, 15) is 18.0 Å². The first kappa shape index (κ1) is 9.88. The van der Waals surface area contributed by atoms with E-state index in [4.69, 9.17) is 5.11 Å². The van der Waals surface area contributed by atoms with Crippen LogP contribution in [-0.4, -0.2) is 28.8 Å². The van der Waals surface area contributed by atoms with Gasteiger partial charge in [-0.05, 0) is 6.42 Å². The summed E-state index contributed by atoms with van der Waals surface area (Å²) in [5, 5.41) is 8.48. The maximum absolute atomic E-state index is 12.0. The number of rotatable bonds is 1. The zero-order valence-electron chi connectivity index (χ0n) is 6.58. The van der Waals surface area contributed by atoms with Crippen molar-refractivity contribution in [2.75, 3.05) is 6.54 Å². The van der Waals surface area contributed by atoms with Crippen molar-refractivity contribution in [3.8, 4) is 0 Å². The molecule has 3 nitrogen and oxygen atoms in total. The molecule has 0 aliphatic carbocycles. The lowest BCUT2D eigenvalue weighted by molar-refractivity contribution is -0.229. The van der Waals surface area contributed by atoms with E-state index in [0.29, 0.717) is 0 Å². The van der Waals surface area contributed by atoms with Crippen molar-refractivity contribution in [3.63, 3.8) is 0 Å². The SMILES string of the molecule is O=C(O)C1C=CN(C(F)(F)F)CC1. The van der Waals surface area contributed by atoms with Gasteiger partial charge >= 0.3 is 12.3 Å². The lowest BCUT2D eigenvalue weighted by atomic mass is 10.0. The molecule has 1 N–H and O–H groups in total. The zero-order chi connectivity index (χ0) is 10.1. The minimum absolute atomic E-state index is 0.00859. The van der Waals surface area contributed by atoms with Crippen molar-refractivity contribution < 1.29 is 23.1 Å². The van der Waals surface area contributed by atoms with Gasteiger partial charge in [0.1, 0.15) is 0 Å². The molecule has 0 radical (unpaired) electrons. The number of carbonyl (C=O) groups is 1. The Kier molecular flexibility index (Phi) is 2.49. The van der Waals surface area contributed by atoms with Crippen molar-refractivity contribution in [2.24, 2.45) is 5.92 Å². The molecule has 6 heteroatoms. The van der Waals surface area contributed by atoms with E-state index in [0.717, 1.165) is 12.3 Å². The molecule has 0 spiro atoms. The number of hydrogen-bond acceptors (Lipinski definition) is 2. The highest BCUT2D eigenvalue weighted by molar-refractivity contribution is 5.72. The van der Waals surface area contributed by atoms with Gasteiger partial charge < -0.3 is 5.11 Å². The van der Waals surface area contributed by atoms with Gasteiger partial charge in [0.2, 0.25) is 0 Å². The van der Waals surface area contributed by atoms with Gasteiger partial charge in [0.15, 0.2) is 0 Å². The molecule has 1 rings (SSSR count). The van der Waals surface area contributed by atoms with E-state index in [2.05, 4.69) is 0 Å². The van der Waals surface area contributed by atoms with Gasteiger partial charge in [-0.2, -0.15) is 13.2 Å². The molecular weight excluding hydrogens is 187 g/mol. The average molecular weight is 195 g/mol. The summed E-state index contributed by atoms with van der Waals surface area (Å²) in [6, 6.07) is 0. The topological polar surface area (TPSA) is 40.5 Å². The summed E-state index contributed by atoms with van der Waals surface area (Å²) in [4.78, 5) is 10.5. The van der Waals surface area contributed by atoms with Crippen molar-refractivity contribution >= 4 is 5.97 Å². The third-order valence-electron chi connectivity index (χ3n) is 1.82. The number of alkyl halides is 3. The van der Waals surface area contributed by atoms with Gasteiger partial charge in [-0.1, -0.05) is 6.08 Å². The maximum Gasteiger partial charge on any atom is 0.484 e. The normalized spacial score (nSPS) is 23.3. The first-order valence-corrected chi connectivity index (χ1v) is 3.66. The zero-order valence-corrected chi connectivity index (χ0v) is 6.58. The van der Waals surface area contributed by atoms with Crippen LogP contribution in [0.4, 0.5) is 13.2 Å². The summed E-state index contributed by atoms with van der Waals surface area (Å²) in [6.07, 6.45) is -2.58. The van der Waals surface area contributed by atoms with E-state index in [1.165, 1.54) is 0 Å². The van der Waals surface area contributed by atoms with Crippen molar-refractivity contribution in [1.82, 2.24) is 4.90 Å². The number of carboxylic acid groups (broad SMARTS) is 1. The summed E-state index contributed by atoms with van der Waals surface area (Å²) >= 11 is 0. The molecule has 1 unspecified atom stereocenters. The summed E-state index contributed by atoms with van der Waals surface area (Å²) in [5.74, 6) is -1.88. The maximum atomic E-state index is 12.0. The summed E-state index contributed by atoms with van der Waals surface area (Å²) in [7, 11) is 0. The molecule has 0 bridgehead atoms. The second-order valence-electron chi connectivity index (χ2n) is 2.74.